The Morgan fingerprint density at radius 2 is 1.90 bits per heavy atom. The van der Waals surface area contributed by atoms with Crippen LogP contribution >= 0.6 is 11.8 Å². The summed E-state index contributed by atoms with van der Waals surface area (Å²) in [5.41, 5.74) is 3.61. The molecule has 3 rings (SSSR count). The Bertz CT molecular complexity index is 609. The number of likely N-dealkylation sites (N-methyl/N-ethyl adjacent to an activating group) is 1. The zero-order chi connectivity index (χ0) is 14.1. The van der Waals surface area contributed by atoms with Crippen LogP contribution < -0.4 is 0 Å². The maximum Gasteiger partial charge on any atom is 0.119 e. The summed E-state index contributed by atoms with van der Waals surface area (Å²) in [6.45, 7) is 1.85. The van der Waals surface area contributed by atoms with Crippen LogP contribution in [-0.4, -0.2) is 29.9 Å². The van der Waals surface area contributed by atoms with E-state index in [0.29, 0.717) is 5.75 Å². The lowest BCUT2D eigenvalue weighted by Crippen LogP contribution is -2.31. The van der Waals surface area contributed by atoms with E-state index < -0.39 is 0 Å². The van der Waals surface area contributed by atoms with E-state index in [1.807, 2.05) is 6.07 Å². The lowest BCUT2D eigenvalue weighted by molar-refractivity contribution is 0.290. The molecule has 104 valence electrons. The van der Waals surface area contributed by atoms with Crippen LogP contribution in [-0.2, 0) is 6.54 Å². The average molecular weight is 285 g/mol. The van der Waals surface area contributed by atoms with E-state index in [1.165, 1.54) is 16.0 Å². The van der Waals surface area contributed by atoms with Crippen molar-refractivity contribution in [2.75, 3.05) is 19.8 Å². The molecule has 2 aromatic carbocycles. The van der Waals surface area contributed by atoms with Crippen molar-refractivity contribution in [3.05, 3.63) is 59.2 Å². The third-order valence-electron chi connectivity index (χ3n) is 3.97. The van der Waals surface area contributed by atoms with Gasteiger partial charge in [-0.05, 0) is 42.6 Å². The second-order valence-electron chi connectivity index (χ2n) is 5.37. The highest BCUT2D eigenvalue weighted by Crippen LogP contribution is 2.38. The predicted octanol–water partition coefficient (Wildman–Crippen LogP) is 3.69. The van der Waals surface area contributed by atoms with Crippen LogP contribution in [0.4, 0.5) is 0 Å². The second-order valence-corrected chi connectivity index (χ2v) is 6.25. The minimum absolute atomic E-state index is 0.251. The van der Waals surface area contributed by atoms with Gasteiger partial charge in [-0.15, -0.1) is 11.8 Å². The molecule has 0 bridgehead atoms. The summed E-state index contributed by atoms with van der Waals surface area (Å²) in [4.78, 5) is 3.59. The molecule has 1 heterocycles. The molecular weight excluding hydrogens is 266 g/mol. The van der Waals surface area contributed by atoms with Gasteiger partial charge in [0, 0.05) is 29.5 Å². The molecule has 1 aliphatic heterocycles. The van der Waals surface area contributed by atoms with Crippen molar-refractivity contribution in [1.82, 2.24) is 4.90 Å². The minimum Gasteiger partial charge on any atom is -0.508 e. The molecule has 0 aromatic heterocycles. The van der Waals surface area contributed by atoms with Crippen molar-refractivity contribution in [1.29, 1.82) is 0 Å². The minimum atomic E-state index is 0.251. The zero-order valence-corrected chi connectivity index (χ0v) is 12.7. The Morgan fingerprint density at radius 3 is 2.60 bits per heavy atom. The number of phenolic OH excluding ortho intramolecular Hbond substituents is 1. The first-order chi connectivity index (χ1) is 9.69. The maximum atomic E-state index is 10.3. The monoisotopic (exact) mass is 285 g/mol. The van der Waals surface area contributed by atoms with E-state index in [2.05, 4.69) is 48.5 Å². The lowest BCUT2D eigenvalue weighted by atomic mass is 9.84. The van der Waals surface area contributed by atoms with E-state index in [4.69, 9.17) is 0 Å². The van der Waals surface area contributed by atoms with Gasteiger partial charge in [0.05, 0.1) is 0 Å². The average Bonchev–Trinajstić information content (AvgIpc) is 2.46. The number of benzene rings is 2. The van der Waals surface area contributed by atoms with E-state index in [9.17, 15) is 5.11 Å². The first kappa shape index (κ1) is 13.5. The van der Waals surface area contributed by atoms with E-state index in [0.717, 1.165) is 18.7 Å². The number of fused-ring (bicyclic) bond motifs is 1. The smallest absolute Gasteiger partial charge is 0.119 e. The molecular formula is C17H19NOS. The fraction of sp³-hybridized carbons (Fsp3) is 0.294. The van der Waals surface area contributed by atoms with Gasteiger partial charge >= 0.3 is 0 Å². The summed E-state index contributed by atoms with van der Waals surface area (Å²) in [7, 11) is 2.14. The third-order valence-corrected chi connectivity index (χ3v) is 4.72. The van der Waals surface area contributed by atoms with Crippen LogP contribution in [0.15, 0.2) is 47.4 Å². The number of phenols is 1. The molecule has 0 radical (unpaired) electrons. The molecule has 0 aliphatic carbocycles. The SMILES string of the molecule is CSc1ccc(C2CN(C)Cc3cccc(O)c32)cc1. The molecule has 3 heteroatoms. The van der Waals surface area contributed by atoms with Gasteiger partial charge in [-0.25, -0.2) is 0 Å². The Kier molecular flexibility index (Phi) is 3.72. The van der Waals surface area contributed by atoms with Gasteiger partial charge in [0.2, 0.25) is 0 Å². The molecule has 0 fully saturated rings. The van der Waals surface area contributed by atoms with Crippen LogP contribution in [0, 0.1) is 0 Å². The number of thioether (sulfide) groups is 1. The molecule has 2 nitrogen and oxygen atoms in total. The predicted molar refractivity (Wildman–Crippen MR) is 84.5 cm³/mol. The number of aromatic hydroxyl groups is 1. The van der Waals surface area contributed by atoms with E-state index >= 15 is 0 Å². The molecule has 1 aliphatic rings. The number of hydrogen-bond donors (Lipinski definition) is 1. The van der Waals surface area contributed by atoms with Crippen molar-refractivity contribution < 1.29 is 5.11 Å². The van der Waals surface area contributed by atoms with E-state index in [1.54, 1.807) is 17.8 Å². The molecule has 1 unspecified atom stereocenters. The molecule has 0 spiro atoms. The molecule has 0 amide bonds. The number of hydrogen-bond acceptors (Lipinski definition) is 3. The normalized spacial score (nSPS) is 18.8. The van der Waals surface area contributed by atoms with Gasteiger partial charge < -0.3 is 10.0 Å². The van der Waals surface area contributed by atoms with E-state index in [-0.39, 0.29) is 5.92 Å². The van der Waals surface area contributed by atoms with Crippen molar-refractivity contribution >= 4 is 11.8 Å². The molecule has 20 heavy (non-hydrogen) atoms. The Morgan fingerprint density at radius 1 is 1.15 bits per heavy atom. The summed E-state index contributed by atoms with van der Waals surface area (Å²) in [6, 6.07) is 14.5. The largest absolute Gasteiger partial charge is 0.508 e. The molecule has 0 saturated heterocycles. The Labute approximate surface area is 124 Å². The topological polar surface area (TPSA) is 23.5 Å². The van der Waals surface area contributed by atoms with Gasteiger partial charge in [0.25, 0.3) is 0 Å². The van der Waals surface area contributed by atoms with Crippen molar-refractivity contribution in [3.8, 4) is 5.75 Å². The standard InChI is InChI=1S/C17H19NOS/c1-18-10-13-4-3-5-16(19)17(13)15(11-18)12-6-8-14(20-2)9-7-12/h3-9,15,19H,10-11H2,1-2H3. The second kappa shape index (κ2) is 5.51. The van der Waals surface area contributed by atoms with Gasteiger partial charge in [0.1, 0.15) is 5.75 Å². The van der Waals surface area contributed by atoms with Crippen molar-refractivity contribution in [2.45, 2.75) is 17.4 Å². The first-order valence-electron chi connectivity index (χ1n) is 6.82. The van der Waals surface area contributed by atoms with Gasteiger partial charge in [-0.3, -0.25) is 0 Å². The van der Waals surface area contributed by atoms with Crippen LogP contribution in [0.2, 0.25) is 0 Å². The van der Waals surface area contributed by atoms with Crippen LogP contribution in [0.3, 0.4) is 0 Å². The molecule has 1 atom stereocenters. The summed E-state index contributed by atoms with van der Waals surface area (Å²) in [5.74, 6) is 0.676. The van der Waals surface area contributed by atoms with Crippen molar-refractivity contribution in [2.24, 2.45) is 0 Å². The van der Waals surface area contributed by atoms with Crippen LogP contribution in [0.1, 0.15) is 22.6 Å². The summed E-state index contributed by atoms with van der Waals surface area (Å²) >= 11 is 1.75. The highest BCUT2D eigenvalue weighted by Gasteiger charge is 2.27. The summed E-state index contributed by atoms with van der Waals surface area (Å²) in [6.07, 6.45) is 2.09. The first-order valence-corrected chi connectivity index (χ1v) is 8.04. The zero-order valence-electron chi connectivity index (χ0n) is 11.8. The fourth-order valence-electron chi connectivity index (χ4n) is 3.01. The molecule has 1 N–H and O–H groups in total. The van der Waals surface area contributed by atoms with Crippen LogP contribution in [0.25, 0.3) is 0 Å². The highest BCUT2D eigenvalue weighted by molar-refractivity contribution is 7.98. The maximum absolute atomic E-state index is 10.3. The lowest BCUT2D eigenvalue weighted by Gasteiger charge is -2.33. The van der Waals surface area contributed by atoms with Crippen molar-refractivity contribution in [3.63, 3.8) is 0 Å². The fourth-order valence-corrected chi connectivity index (χ4v) is 3.41. The van der Waals surface area contributed by atoms with Crippen LogP contribution in [0.5, 0.6) is 5.75 Å². The molecule has 0 saturated carbocycles. The summed E-state index contributed by atoms with van der Waals surface area (Å²) in [5, 5.41) is 10.3. The Balaban J connectivity index is 2.05. The van der Waals surface area contributed by atoms with Gasteiger partial charge in [0.15, 0.2) is 0 Å². The van der Waals surface area contributed by atoms with Gasteiger partial charge in [-0.1, -0.05) is 24.3 Å². The Hall–Kier alpha value is -1.45. The summed E-state index contributed by atoms with van der Waals surface area (Å²) < 4.78 is 0. The number of nitrogens with zero attached hydrogens (tertiary/aromatic N) is 1. The number of rotatable bonds is 2. The highest BCUT2D eigenvalue weighted by atomic mass is 32.2. The molecule has 2 aromatic rings. The van der Waals surface area contributed by atoms with Gasteiger partial charge in [-0.2, -0.15) is 0 Å². The quantitative estimate of drug-likeness (QED) is 0.851. The third kappa shape index (κ3) is 2.43.